The molecule has 0 bridgehead atoms. The average Bonchev–Trinajstić information content (AvgIpc) is 2.62. The second kappa shape index (κ2) is 5.04. The zero-order chi connectivity index (χ0) is 13.1. The first-order valence-corrected chi connectivity index (χ1v) is 4.53. The number of rotatable bonds is 4. The van der Waals surface area contributed by atoms with Crippen molar-refractivity contribution < 1.29 is 27.5 Å². The average molecular weight is 253 g/mol. The Labute approximate surface area is 94.0 Å². The van der Waals surface area contributed by atoms with Crippen molar-refractivity contribution in [3.05, 3.63) is 11.4 Å². The van der Waals surface area contributed by atoms with Crippen LogP contribution in [0.2, 0.25) is 0 Å². The summed E-state index contributed by atoms with van der Waals surface area (Å²) in [6, 6.07) is 0. The van der Waals surface area contributed by atoms with Gasteiger partial charge in [-0.05, 0) is 6.92 Å². The first-order valence-electron chi connectivity index (χ1n) is 4.53. The maximum atomic E-state index is 12.5. The number of H-pyrrole nitrogens is 1. The molecule has 0 amide bonds. The number of hydrogen-bond donors (Lipinski definition) is 2. The summed E-state index contributed by atoms with van der Waals surface area (Å²) in [5.74, 6) is -0.973. The topological polar surface area (TPSA) is 76.2 Å². The third kappa shape index (κ3) is 2.87. The van der Waals surface area contributed by atoms with Crippen molar-refractivity contribution in [1.29, 1.82) is 0 Å². The van der Waals surface area contributed by atoms with Crippen LogP contribution in [0.5, 0.6) is 0 Å². The lowest BCUT2D eigenvalue weighted by molar-refractivity contribution is -0.140. The van der Waals surface area contributed by atoms with Crippen molar-refractivity contribution in [3.8, 4) is 0 Å². The number of nitrogens with zero attached hydrogens (tertiary/aromatic N) is 1. The number of ether oxygens (including phenoxy) is 1. The van der Waals surface area contributed by atoms with Gasteiger partial charge in [0.25, 0.3) is 0 Å². The molecule has 6 nitrogen and oxygen atoms in total. The minimum Gasteiger partial charge on any atom is -0.461 e. The summed E-state index contributed by atoms with van der Waals surface area (Å²) in [5, 5.41) is 4.98. The van der Waals surface area contributed by atoms with E-state index in [4.69, 9.17) is 0 Å². The summed E-state index contributed by atoms with van der Waals surface area (Å²) in [6.07, 6.45) is -4.68. The van der Waals surface area contributed by atoms with Crippen LogP contribution in [-0.2, 0) is 15.8 Å². The van der Waals surface area contributed by atoms with Crippen LogP contribution < -0.4 is 5.48 Å². The maximum Gasteiger partial charge on any atom is 0.434 e. The molecular weight excluding hydrogens is 243 g/mol. The maximum absolute atomic E-state index is 12.5. The number of nitrogens with one attached hydrogen (secondary N) is 2. The molecule has 1 aromatic heterocycles. The molecule has 0 aliphatic carbocycles. The van der Waals surface area contributed by atoms with Gasteiger partial charge in [-0.3, -0.25) is 15.4 Å². The minimum atomic E-state index is -4.68. The molecule has 1 rings (SSSR count). The monoisotopic (exact) mass is 253 g/mol. The van der Waals surface area contributed by atoms with Crippen LogP contribution in [0.3, 0.4) is 0 Å². The summed E-state index contributed by atoms with van der Waals surface area (Å²) < 4.78 is 42.1. The van der Waals surface area contributed by atoms with Gasteiger partial charge in [-0.15, -0.1) is 0 Å². The van der Waals surface area contributed by atoms with Crippen LogP contribution in [0, 0.1) is 0 Å². The Hall–Kier alpha value is -1.77. The van der Waals surface area contributed by atoms with E-state index in [1.54, 1.807) is 5.10 Å². The molecule has 1 aromatic rings. The van der Waals surface area contributed by atoms with Crippen molar-refractivity contribution in [3.63, 3.8) is 0 Å². The molecule has 0 fully saturated rings. The van der Waals surface area contributed by atoms with E-state index >= 15 is 0 Å². The third-order valence-corrected chi connectivity index (χ3v) is 1.72. The normalized spacial score (nSPS) is 11.4. The standard InChI is InChI=1S/C8H10F3N3O3/c1-3-17-7(15)5-4(14-16-2)6(13-12-5)8(9,10)11/h14H,3H2,1-2H3,(H,12,13). The zero-order valence-electron chi connectivity index (χ0n) is 9.01. The van der Waals surface area contributed by atoms with Crippen molar-refractivity contribution >= 4 is 11.7 Å². The largest absolute Gasteiger partial charge is 0.461 e. The second-order valence-corrected chi connectivity index (χ2v) is 2.85. The molecule has 0 saturated heterocycles. The molecule has 0 spiro atoms. The fourth-order valence-corrected chi connectivity index (χ4v) is 1.10. The van der Waals surface area contributed by atoms with Gasteiger partial charge in [-0.1, -0.05) is 0 Å². The molecule has 0 unspecified atom stereocenters. The third-order valence-electron chi connectivity index (χ3n) is 1.72. The molecule has 0 atom stereocenters. The molecule has 0 aliphatic heterocycles. The Morgan fingerprint density at radius 2 is 2.18 bits per heavy atom. The van der Waals surface area contributed by atoms with Crippen molar-refractivity contribution in [2.45, 2.75) is 13.1 Å². The van der Waals surface area contributed by atoms with E-state index < -0.39 is 29.2 Å². The van der Waals surface area contributed by atoms with Gasteiger partial charge >= 0.3 is 12.1 Å². The molecule has 0 saturated carbocycles. The van der Waals surface area contributed by atoms with Crippen molar-refractivity contribution in [2.24, 2.45) is 0 Å². The predicted molar refractivity (Wildman–Crippen MR) is 50.2 cm³/mol. The number of aromatic nitrogens is 2. The fraction of sp³-hybridized carbons (Fsp3) is 0.500. The van der Waals surface area contributed by atoms with E-state index in [9.17, 15) is 18.0 Å². The van der Waals surface area contributed by atoms with E-state index in [-0.39, 0.29) is 6.61 Å². The molecule has 0 aliphatic rings. The van der Waals surface area contributed by atoms with Crippen LogP contribution in [0.4, 0.5) is 18.9 Å². The quantitative estimate of drug-likeness (QED) is 0.629. The molecule has 9 heteroatoms. The van der Waals surface area contributed by atoms with Crippen LogP contribution in [0.1, 0.15) is 23.1 Å². The van der Waals surface area contributed by atoms with Crippen molar-refractivity contribution in [1.82, 2.24) is 10.2 Å². The first-order chi connectivity index (χ1) is 7.91. The Balaban J connectivity index is 3.15. The molecule has 17 heavy (non-hydrogen) atoms. The van der Waals surface area contributed by atoms with E-state index in [2.05, 4.69) is 14.7 Å². The highest BCUT2D eigenvalue weighted by atomic mass is 19.4. The van der Waals surface area contributed by atoms with Crippen molar-refractivity contribution in [2.75, 3.05) is 19.2 Å². The Bertz CT molecular complexity index is 402. The van der Waals surface area contributed by atoms with Gasteiger partial charge in [0, 0.05) is 0 Å². The highest BCUT2D eigenvalue weighted by Crippen LogP contribution is 2.35. The summed E-state index contributed by atoms with van der Waals surface area (Å²) in [5.41, 5.74) is -0.362. The van der Waals surface area contributed by atoms with Gasteiger partial charge in [-0.2, -0.15) is 18.3 Å². The Morgan fingerprint density at radius 1 is 1.53 bits per heavy atom. The number of carbonyl (C=O) groups is 1. The Morgan fingerprint density at radius 3 is 2.65 bits per heavy atom. The second-order valence-electron chi connectivity index (χ2n) is 2.85. The van der Waals surface area contributed by atoms with Crippen LogP contribution in [0.15, 0.2) is 0 Å². The van der Waals surface area contributed by atoms with E-state index in [1.165, 1.54) is 6.92 Å². The Kier molecular flexibility index (Phi) is 3.94. The number of carbonyl (C=O) groups excluding carboxylic acids is 1. The van der Waals surface area contributed by atoms with Gasteiger partial charge in [0.2, 0.25) is 0 Å². The molecule has 1 heterocycles. The van der Waals surface area contributed by atoms with Gasteiger partial charge in [-0.25, -0.2) is 4.79 Å². The highest BCUT2D eigenvalue weighted by molar-refractivity contribution is 5.94. The first kappa shape index (κ1) is 13.3. The van der Waals surface area contributed by atoms with E-state index in [1.807, 2.05) is 5.48 Å². The highest BCUT2D eigenvalue weighted by Gasteiger charge is 2.39. The number of halogens is 3. The number of aromatic amines is 1. The van der Waals surface area contributed by atoms with Crippen LogP contribution in [-0.4, -0.2) is 29.9 Å². The summed E-state index contributed by atoms with van der Waals surface area (Å²) in [6.45, 7) is 1.55. The fourth-order valence-electron chi connectivity index (χ4n) is 1.10. The number of anilines is 1. The molecule has 2 N–H and O–H groups in total. The molecular formula is C8H10F3N3O3. The lowest BCUT2D eigenvalue weighted by Crippen LogP contribution is -2.12. The van der Waals surface area contributed by atoms with Gasteiger partial charge in [0.1, 0.15) is 5.69 Å². The predicted octanol–water partition coefficient (Wildman–Crippen LogP) is 1.58. The van der Waals surface area contributed by atoms with Gasteiger partial charge in [0.05, 0.1) is 13.7 Å². The molecule has 0 radical (unpaired) electrons. The number of hydrogen-bond acceptors (Lipinski definition) is 5. The number of alkyl halides is 3. The molecule has 0 aromatic carbocycles. The SMILES string of the molecule is CCOC(=O)c1n[nH]c(C(F)(F)F)c1NOC. The van der Waals surface area contributed by atoms with E-state index in [0.717, 1.165) is 7.11 Å². The zero-order valence-corrected chi connectivity index (χ0v) is 9.01. The summed E-state index contributed by atoms with van der Waals surface area (Å²) >= 11 is 0. The lowest BCUT2D eigenvalue weighted by Gasteiger charge is -2.08. The molecule has 96 valence electrons. The summed E-state index contributed by atoms with van der Waals surface area (Å²) in [4.78, 5) is 15.7. The number of esters is 1. The van der Waals surface area contributed by atoms with Gasteiger partial charge < -0.3 is 4.74 Å². The minimum absolute atomic E-state index is 0.0272. The van der Waals surface area contributed by atoms with Crippen LogP contribution in [0.25, 0.3) is 0 Å². The lowest BCUT2D eigenvalue weighted by atomic mass is 10.3. The van der Waals surface area contributed by atoms with Gasteiger partial charge in [0.15, 0.2) is 11.4 Å². The van der Waals surface area contributed by atoms with Crippen LogP contribution >= 0.6 is 0 Å². The summed E-state index contributed by atoms with van der Waals surface area (Å²) in [7, 11) is 1.11. The van der Waals surface area contributed by atoms with E-state index in [0.29, 0.717) is 0 Å². The smallest absolute Gasteiger partial charge is 0.434 e.